The standard InChI is InChI=1S/C51H64ClF3N8O5S3/c1-50(2)26-24-46(38-14-18-41(52)19-15-38)40(35-50)36-62-30-32-63(33-31-62)43-20-16-39(17-21-43)49(64)59-71(67,68)45-22-23-47(48(34-45)70(65,66)51(53,54)55)58-42(37-69-44-12-8-7-9-13-44)25-29-61(3)28-11-6-4-5-10-27-57-60-56/h7-9,12-23,34,42,58H,4-6,10-11,24-33,35-37H2,1-3H3,(H,59,64)/t42-/m1/s1. The van der Waals surface area contributed by atoms with Gasteiger partial charge in [0.2, 0.25) is 0 Å². The number of thioether (sulfide) groups is 1. The van der Waals surface area contributed by atoms with E-state index in [0.29, 0.717) is 36.4 Å². The number of carbonyl (C=O) groups is 1. The van der Waals surface area contributed by atoms with Gasteiger partial charge in [0, 0.05) is 77.1 Å². The Bertz CT molecular complexity index is 2720. The summed E-state index contributed by atoms with van der Waals surface area (Å²) >= 11 is 7.64. The number of azide groups is 1. The Morgan fingerprint density at radius 2 is 1.58 bits per heavy atom. The third-order valence-electron chi connectivity index (χ3n) is 13.0. The van der Waals surface area contributed by atoms with E-state index in [4.69, 9.17) is 17.1 Å². The molecular weight excluding hydrogens is 993 g/mol. The molecule has 0 radical (unpaired) electrons. The first-order valence-electron chi connectivity index (χ1n) is 24.0. The predicted molar refractivity (Wildman–Crippen MR) is 279 cm³/mol. The van der Waals surface area contributed by atoms with Gasteiger partial charge in [0.25, 0.3) is 25.8 Å². The highest BCUT2D eigenvalue weighted by molar-refractivity contribution is 7.99. The normalized spacial score (nSPS) is 16.1. The van der Waals surface area contributed by atoms with Gasteiger partial charge >= 0.3 is 5.51 Å². The molecule has 1 amide bonds. The van der Waals surface area contributed by atoms with Crippen LogP contribution in [0.3, 0.4) is 0 Å². The van der Waals surface area contributed by atoms with Gasteiger partial charge in [-0.25, -0.2) is 21.6 Å². The number of benzene rings is 4. The summed E-state index contributed by atoms with van der Waals surface area (Å²) in [6.45, 7) is 10.3. The number of anilines is 2. The summed E-state index contributed by atoms with van der Waals surface area (Å²) in [7, 11) is -9.01. The molecule has 71 heavy (non-hydrogen) atoms. The minimum atomic E-state index is -6.08. The molecule has 2 aliphatic rings. The summed E-state index contributed by atoms with van der Waals surface area (Å²) in [6, 6.07) is 25.7. The molecule has 1 fully saturated rings. The van der Waals surface area contributed by atoms with Gasteiger partial charge in [0.15, 0.2) is 0 Å². The van der Waals surface area contributed by atoms with Crippen LogP contribution >= 0.6 is 23.4 Å². The summed E-state index contributed by atoms with van der Waals surface area (Å²) in [6.07, 6.45) is 8.18. The van der Waals surface area contributed by atoms with Gasteiger partial charge in [-0.15, -0.1) is 11.8 Å². The van der Waals surface area contributed by atoms with Crippen molar-refractivity contribution in [1.29, 1.82) is 0 Å². The molecule has 13 nitrogen and oxygen atoms in total. The minimum Gasteiger partial charge on any atom is -0.380 e. The molecule has 1 aliphatic carbocycles. The Balaban J connectivity index is 1.10. The maximum atomic E-state index is 14.3. The number of hydrogen-bond donors (Lipinski definition) is 2. The van der Waals surface area contributed by atoms with Crippen molar-refractivity contribution in [2.75, 3.05) is 75.4 Å². The van der Waals surface area contributed by atoms with Crippen molar-refractivity contribution in [3.05, 3.63) is 129 Å². The lowest BCUT2D eigenvalue weighted by Crippen LogP contribution is -2.47. The Kier molecular flexibility index (Phi) is 19.8. The van der Waals surface area contributed by atoms with E-state index in [1.165, 1.54) is 40.6 Å². The number of nitrogens with one attached hydrogen (secondary N) is 2. The van der Waals surface area contributed by atoms with Crippen molar-refractivity contribution in [3.63, 3.8) is 0 Å². The number of piperazine rings is 1. The second-order valence-corrected chi connectivity index (χ2v) is 24.2. The number of allylic oxidation sites excluding steroid dienone is 1. The average Bonchev–Trinajstić information content (AvgIpc) is 3.33. The zero-order valence-corrected chi connectivity index (χ0v) is 43.7. The summed E-state index contributed by atoms with van der Waals surface area (Å²) in [5.41, 5.74) is 7.36. The zero-order chi connectivity index (χ0) is 51.2. The lowest BCUT2D eigenvalue weighted by Gasteiger charge is -2.39. The van der Waals surface area contributed by atoms with Crippen LogP contribution in [0.4, 0.5) is 24.5 Å². The van der Waals surface area contributed by atoms with Crippen molar-refractivity contribution in [2.45, 2.75) is 97.9 Å². The molecule has 0 aromatic heterocycles. The third-order valence-corrected chi connectivity index (χ3v) is 17.3. The van der Waals surface area contributed by atoms with Crippen LogP contribution in [0.25, 0.3) is 16.0 Å². The summed E-state index contributed by atoms with van der Waals surface area (Å²) in [5, 5.41) is 7.27. The third kappa shape index (κ3) is 16.1. The Morgan fingerprint density at radius 1 is 0.901 bits per heavy atom. The van der Waals surface area contributed by atoms with E-state index in [-0.39, 0.29) is 11.0 Å². The molecule has 1 atom stereocenters. The number of carbonyl (C=O) groups excluding carboxylic acids is 1. The van der Waals surface area contributed by atoms with E-state index < -0.39 is 52.8 Å². The monoisotopic (exact) mass is 1060 g/mol. The lowest BCUT2D eigenvalue weighted by molar-refractivity contribution is -0.0435. The fraction of sp³-hybridized carbons (Fsp3) is 0.471. The quantitative estimate of drug-likeness (QED) is 0.0227. The highest BCUT2D eigenvalue weighted by Crippen LogP contribution is 2.43. The zero-order valence-electron chi connectivity index (χ0n) is 40.5. The molecule has 0 saturated carbocycles. The molecule has 4 aromatic carbocycles. The van der Waals surface area contributed by atoms with Gasteiger partial charge in [-0.2, -0.15) is 13.2 Å². The van der Waals surface area contributed by atoms with Crippen molar-refractivity contribution in [1.82, 2.24) is 14.5 Å². The van der Waals surface area contributed by atoms with Gasteiger partial charge < -0.3 is 15.1 Å². The first-order chi connectivity index (χ1) is 33.7. The number of halogens is 4. The van der Waals surface area contributed by atoms with E-state index in [1.54, 1.807) is 12.1 Å². The Labute approximate surface area is 426 Å². The van der Waals surface area contributed by atoms with E-state index in [0.717, 1.165) is 113 Å². The summed E-state index contributed by atoms with van der Waals surface area (Å²) in [5.74, 6) is -0.681. The van der Waals surface area contributed by atoms with Gasteiger partial charge in [-0.05, 0) is 147 Å². The van der Waals surface area contributed by atoms with Crippen LogP contribution in [0.2, 0.25) is 5.02 Å². The van der Waals surface area contributed by atoms with Crippen molar-refractivity contribution < 1.29 is 34.8 Å². The summed E-state index contributed by atoms with van der Waals surface area (Å²) < 4.78 is 98.4. The van der Waals surface area contributed by atoms with Crippen LogP contribution in [0.1, 0.15) is 87.6 Å². The van der Waals surface area contributed by atoms with Crippen LogP contribution in [-0.4, -0.2) is 109 Å². The Morgan fingerprint density at radius 3 is 2.25 bits per heavy atom. The maximum absolute atomic E-state index is 14.3. The number of unbranched alkanes of at least 4 members (excludes halogenated alkanes) is 4. The number of alkyl halides is 3. The average molecular weight is 1060 g/mol. The largest absolute Gasteiger partial charge is 0.501 e. The Hall–Kier alpha value is -4.75. The number of amides is 1. The number of sulfonamides is 1. The van der Waals surface area contributed by atoms with Gasteiger partial charge in [0.05, 0.1) is 10.6 Å². The number of rotatable bonds is 24. The van der Waals surface area contributed by atoms with Crippen LogP contribution < -0.4 is 14.9 Å². The minimum absolute atomic E-state index is 0.00934. The van der Waals surface area contributed by atoms with Gasteiger partial charge in [-0.3, -0.25) is 9.69 Å². The van der Waals surface area contributed by atoms with Crippen molar-refractivity contribution in [3.8, 4) is 0 Å². The molecule has 1 aliphatic heterocycles. The topological polar surface area (TPSA) is 168 Å². The maximum Gasteiger partial charge on any atom is 0.501 e. The van der Waals surface area contributed by atoms with E-state index in [1.807, 2.05) is 54.2 Å². The molecule has 0 bridgehead atoms. The van der Waals surface area contributed by atoms with Crippen molar-refractivity contribution in [2.24, 2.45) is 10.5 Å². The SMILES string of the molecule is CN(CCCCCCCN=[N+]=[N-])CC[C@H](CSc1ccccc1)Nc1ccc(S(=O)(=O)NC(=O)c2ccc(N3CCN(CC4=C(c5ccc(Cl)cc5)CCC(C)(C)C4)CC3)cc2)cc1S(=O)(=O)C(F)(F)F. The molecule has 384 valence electrons. The van der Waals surface area contributed by atoms with Gasteiger partial charge in [-0.1, -0.05) is 85.7 Å². The highest BCUT2D eigenvalue weighted by atomic mass is 35.5. The first-order valence-corrected chi connectivity index (χ1v) is 28.3. The lowest BCUT2D eigenvalue weighted by atomic mass is 9.73. The predicted octanol–water partition coefficient (Wildman–Crippen LogP) is 11.7. The smallest absolute Gasteiger partial charge is 0.380 e. The molecule has 4 aromatic rings. The van der Waals surface area contributed by atoms with E-state index >= 15 is 0 Å². The fourth-order valence-corrected chi connectivity index (χ4v) is 12.1. The molecule has 2 N–H and O–H groups in total. The second-order valence-electron chi connectivity index (χ2n) is 19.1. The molecule has 0 spiro atoms. The molecule has 20 heteroatoms. The van der Waals surface area contributed by atoms with Gasteiger partial charge in [0.1, 0.15) is 4.90 Å². The van der Waals surface area contributed by atoms with E-state index in [2.05, 4.69) is 56.0 Å². The van der Waals surface area contributed by atoms with Crippen LogP contribution in [-0.2, 0) is 19.9 Å². The van der Waals surface area contributed by atoms with Crippen LogP contribution in [0.5, 0.6) is 0 Å². The van der Waals surface area contributed by atoms with E-state index in [9.17, 15) is 34.8 Å². The molecular formula is C51H64ClF3N8O5S3. The fourth-order valence-electron chi connectivity index (χ4n) is 8.96. The molecule has 0 unspecified atom stereocenters. The van der Waals surface area contributed by atoms with Crippen molar-refractivity contribution >= 4 is 66.1 Å². The first kappa shape index (κ1) is 55.6. The van der Waals surface area contributed by atoms with Crippen LogP contribution in [0.15, 0.2) is 122 Å². The van der Waals surface area contributed by atoms with Crippen LogP contribution in [0, 0.1) is 5.41 Å². The molecule has 1 heterocycles. The molecule has 1 saturated heterocycles. The summed E-state index contributed by atoms with van der Waals surface area (Å²) in [4.78, 5) is 21.7. The second kappa shape index (κ2) is 25.3. The number of nitrogens with zero attached hydrogens (tertiary/aromatic N) is 6. The number of sulfone groups is 1. The number of hydrogen-bond acceptors (Lipinski definition) is 11. The highest BCUT2D eigenvalue weighted by Gasteiger charge is 2.48. The molecule has 6 rings (SSSR count).